The Balaban J connectivity index is 1.65. The molecule has 1 heterocycles. The van der Waals surface area contributed by atoms with Gasteiger partial charge in [-0.05, 0) is 23.8 Å². The summed E-state index contributed by atoms with van der Waals surface area (Å²) in [6.45, 7) is 0.406. The van der Waals surface area contributed by atoms with E-state index in [-0.39, 0.29) is 16.3 Å². The molecule has 0 fully saturated rings. The van der Waals surface area contributed by atoms with Crippen molar-refractivity contribution in [3.05, 3.63) is 100 Å². The SMILES string of the molecule is O=C(NS(=O)(=O)c1ccc([N+](=O)[O-])cc1)c1nn(Cc2ccccc2)c2ccccc12. The van der Waals surface area contributed by atoms with Crippen molar-refractivity contribution in [2.45, 2.75) is 11.4 Å². The van der Waals surface area contributed by atoms with Crippen LogP contribution >= 0.6 is 0 Å². The van der Waals surface area contributed by atoms with Gasteiger partial charge >= 0.3 is 0 Å². The molecule has 156 valence electrons. The summed E-state index contributed by atoms with van der Waals surface area (Å²) in [5.74, 6) is -0.888. The molecule has 0 spiro atoms. The van der Waals surface area contributed by atoms with Gasteiger partial charge in [-0.2, -0.15) is 5.10 Å². The summed E-state index contributed by atoms with van der Waals surface area (Å²) in [7, 11) is -4.24. The minimum atomic E-state index is -4.24. The summed E-state index contributed by atoms with van der Waals surface area (Å²) in [5.41, 5.74) is 1.37. The Bertz CT molecular complexity index is 1380. The van der Waals surface area contributed by atoms with Crippen LogP contribution in [0.15, 0.2) is 83.8 Å². The third-order valence-electron chi connectivity index (χ3n) is 4.63. The predicted molar refractivity (Wildman–Crippen MR) is 113 cm³/mol. The molecule has 10 heteroatoms. The van der Waals surface area contributed by atoms with E-state index in [1.165, 1.54) is 0 Å². The first-order valence-electron chi connectivity index (χ1n) is 9.16. The quantitative estimate of drug-likeness (QED) is 0.366. The van der Waals surface area contributed by atoms with Crippen molar-refractivity contribution in [1.82, 2.24) is 14.5 Å². The van der Waals surface area contributed by atoms with Crippen LogP contribution in [0.4, 0.5) is 5.69 Å². The number of hydrogen-bond acceptors (Lipinski definition) is 6. The lowest BCUT2D eigenvalue weighted by molar-refractivity contribution is -0.384. The van der Waals surface area contributed by atoms with Gasteiger partial charge in [-0.1, -0.05) is 48.5 Å². The lowest BCUT2D eigenvalue weighted by Crippen LogP contribution is -2.31. The third-order valence-corrected chi connectivity index (χ3v) is 5.98. The highest BCUT2D eigenvalue weighted by Crippen LogP contribution is 2.21. The highest BCUT2D eigenvalue weighted by atomic mass is 32.2. The molecule has 1 aromatic heterocycles. The molecule has 0 atom stereocenters. The number of fused-ring (bicyclic) bond motifs is 1. The Kier molecular flexibility index (Phi) is 5.22. The first-order chi connectivity index (χ1) is 14.8. The van der Waals surface area contributed by atoms with Gasteiger partial charge in [-0.15, -0.1) is 0 Å². The number of nitrogens with one attached hydrogen (secondary N) is 1. The number of nitro groups is 1. The van der Waals surface area contributed by atoms with E-state index < -0.39 is 20.9 Å². The molecule has 9 nitrogen and oxygen atoms in total. The van der Waals surface area contributed by atoms with E-state index in [4.69, 9.17) is 0 Å². The van der Waals surface area contributed by atoms with Crippen LogP contribution in [0, 0.1) is 10.1 Å². The van der Waals surface area contributed by atoms with Crippen LogP contribution in [0.5, 0.6) is 0 Å². The zero-order chi connectivity index (χ0) is 22.0. The molecule has 0 bridgehead atoms. The minimum Gasteiger partial charge on any atom is -0.266 e. The topological polar surface area (TPSA) is 124 Å². The largest absolute Gasteiger partial charge is 0.286 e. The van der Waals surface area contributed by atoms with Crippen LogP contribution in [-0.2, 0) is 16.6 Å². The summed E-state index contributed by atoms with van der Waals surface area (Å²) in [4.78, 5) is 22.7. The van der Waals surface area contributed by atoms with Crippen molar-refractivity contribution in [2.75, 3.05) is 0 Å². The average molecular weight is 436 g/mol. The van der Waals surface area contributed by atoms with Gasteiger partial charge in [0.15, 0.2) is 5.69 Å². The molecule has 0 saturated heterocycles. The normalized spacial score (nSPS) is 11.4. The Morgan fingerprint density at radius 1 is 0.968 bits per heavy atom. The molecule has 1 amide bonds. The van der Waals surface area contributed by atoms with Gasteiger partial charge in [0.25, 0.3) is 21.6 Å². The number of nitro benzene ring substituents is 1. The van der Waals surface area contributed by atoms with Crippen molar-refractivity contribution in [3.63, 3.8) is 0 Å². The van der Waals surface area contributed by atoms with Crippen LogP contribution < -0.4 is 4.72 Å². The standard InChI is InChI=1S/C21H16N4O5S/c26-21(23-31(29,30)17-12-10-16(11-13-17)25(27)28)20-18-8-4-5-9-19(18)24(22-20)14-15-6-2-1-3-7-15/h1-13H,14H2,(H,23,26). The fourth-order valence-corrected chi connectivity index (χ4v) is 4.10. The van der Waals surface area contributed by atoms with Crippen molar-refractivity contribution >= 4 is 32.5 Å². The molecule has 3 aromatic carbocycles. The molecule has 0 aliphatic heterocycles. The molecular formula is C21H16N4O5S. The molecule has 0 aliphatic carbocycles. The molecule has 4 aromatic rings. The molecular weight excluding hydrogens is 420 g/mol. The smallest absolute Gasteiger partial charge is 0.266 e. The van der Waals surface area contributed by atoms with Gasteiger partial charge in [0.2, 0.25) is 0 Å². The molecule has 0 radical (unpaired) electrons. The van der Waals surface area contributed by atoms with Gasteiger partial charge < -0.3 is 0 Å². The Morgan fingerprint density at radius 2 is 1.61 bits per heavy atom. The van der Waals surface area contributed by atoms with Crippen molar-refractivity contribution < 1.29 is 18.1 Å². The molecule has 0 unspecified atom stereocenters. The second kappa shape index (κ2) is 8.00. The van der Waals surface area contributed by atoms with E-state index in [1.807, 2.05) is 35.1 Å². The average Bonchev–Trinajstić information content (AvgIpc) is 3.13. The number of aromatic nitrogens is 2. The monoisotopic (exact) mass is 436 g/mol. The molecule has 4 rings (SSSR count). The van der Waals surface area contributed by atoms with Crippen molar-refractivity contribution in [2.24, 2.45) is 0 Å². The van der Waals surface area contributed by atoms with E-state index in [1.54, 1.807) is 28.9 Å². The fraction of sp³-hybridized carbons (Fsp3) is 0.0476. The van der Waals surface area contributed by atoms with E-state index in [0.717, 1.165) is 29.8 Å². The van der Waals surface area contributed by atoms with Crippen LogP contribution in [-0.4, -0.2) is 29.0 Å². The molecule has 0 aliphatic rings. The maximum Gasteiger partial charge on any atom is 0.286 e. The van der Waals surface area contributed by atoms with Crippen molar-refractivity contribution in [3.8, 4) is 0 Å². The van der Waals surface area contributed by atoms with Gasteiger partial charge in [-0.25, -0.2) is 13.1 Å². The van der Waals surface area contributed by atoms with Gasteiger partial charge in [0.05, 0.1) is 21.9 Å². The molecule has 0 saturated carbocycles. The highest BCUT2D eigenvalue weighted by Gasteiger charge is 2.24. The lowest BCUT2D eigenvalue weighted by Gasteiger charge is -2.06. The Morgan fingerprint density at radius 3 is 2.29 bits per heavy atom. The number of benzene rings is 3. The predicted octanol–water partition coefficient (Wildman–Crippen LogP) is 3.11. The Hall–Kier alpha value is -4.05. The lowest BCUT2D eigenvalue weighted by atomic mass is 10.2. The number of sulfonamides is 1. The second-order valence-corrected chi connectivity index (χ2v) is 8.38. The van der Waals surface area contributed by atoms with E-state index in [0.29, 0.717) is 17.4 Å². The number of carbonyl (C=O) groups is 1. The summed E-state index contributed by atoms with van der Waals surface area (Å²) in [5, 5.41) is 15.6. The van der Waals surface area contributed by atoms with Crippen LogP contribution in [0.2, 0.25) is 0 Å². The zero-order valence-corrected chi connectivity index (χ0v) is 16.8. The van der Waals surface area contributed by atoms with Crippen LogP contribution in [0.25, 0.3) is 10.9 Å². The minimum absolute atomic E-state index is 0.0305. The summed E-state index contributed by atoms with van der Waals surface area (Å²) in [6.07, 6.45) is 0. The third kappa shape index (κ3) is 4.14. The van der Waals surface area contributed by atoms with Crippen molar-refractivity contribution in [1.29, 1.82) is 0 Å². The number of amides is 1. The van der Waals surface area contributed by atoms with E-state index >= 15 is 0 Å². The highest BCUT2D eigenvalue weighted by molar-refractivity contribution is 7.90. The summed E-state index contributed by atoms with van der Waals surface area (Å²) >= 11 is 0. The van der Waals surface area contributed by atoms with E-state index in [2.05, 4.69) is 5.10 Å². The summed E-state index contributed by atoms with van der Waals surface area (Å²) < 4.78 is 28.8. The first-order valence-corrected chi connectivity index (χ1v) is 10.6. The maximum absolute atomic E-state index is 12.8. The maximum atomic E-state index is 12.8. The van der Waals surface area contributed by atoms with Gasteiger partial charge in [0, 0.05) is 17.5 Å². The number of non-ortho nitro benzene ring substituents is 1. The number of rotatable bonds is 6. The first kappa shape index (κ1) is 20.2. The number of hydrogen-bond donors (Lipinski definition) is 1. The van der Waals surface area contributed by atoms with Gasteiger partial charge in [-0.3, -0.25) is 19.6 Å². The number of carbonyl (C=O) groups excluding carboxylic acids is 1. The second-order valence-electron chi connectivity index (χ2n) is 6.69. The van der Waals surface area contributed by atoms with Gasteiger partial charge in [0.1, 0.15) is 0 Å². The molecule has 1 N–H and O–H groups in total. The van der Waals surface area contributed by atoms with Crippen LogP contribution in [0.1, 0.15) is 16.1 Å². The fourth-order valence-electron chi connectivity index (χ4n) is 3.15. The summed E-state index contributed by atoms with van der Waals surface area (Å²) in [6, 6.07) is 20.8. The molecule has 31 heavy (non-hydrogen) atoms. The zero-order valence-electron chi connectivity index (χ0n) is 16.0. The van der Waals surface area contributed by atoms with Crippen LogP contribution in [0.3, 0.4) is 0 Å². The Labute approximate surface area is 177 Å². The van der Waals surface area contributed by atoms with E-state index in [9.17, 15) is 23.3 Å². The number of nitrogens with zero attached hydrogens (tertiary/aromatic N) is 3. The number of para-hydroxylation sites is 1.